The summed E-state index contributed by atoms with van der Waals surface area (Å²) < 4.78 is 10.7. The summed E-state index contributed by atoms with van der Waals surface area (Å²) in [5, 5.41) is 3.97. The number of rotatable bonds is 3. The normalized spacial score (nSPS) is 20.4. The summed E-state index contributed by atoms with van der Waals surface area (Å²) in [4.78, 5) is 14.4. The lowest BCUT2D eigenvalue weighted by Crippen LogP contribution is -2.40. The zero-order valence-corrected chi connectivity index (χ0v) is 13.0. The van der Waals surface area contributed by atoms with Crippen LogP contribution in [0.15, 0.2) is 4.52 Å². The first-order valence-electron chi connectivity index (χ1n) is 7.16. The number of aryl methyl sites for hydroxylation is 2. The molecule has 0 N–H and O–H groups in total. The summed E-state index contributed by atoms with van der Waals surface area (Å²) in [5.74, 6) is 0.707. The SMILES string of the molecule is Cc1noc(C)c1CN1CCC[C@@H]1C(=O)OC(C)(C)C. The summed E-state index contributed by atoms with van der Waals surface area (Å²) in [6, 6.07) is -0.150. The van der Waals surface area contributed by atoms with Crippen LogP contribution in [0.4, 0.5) is 0 Å². The minimum absolute atomic E-state index is 0.123. The number of nitrogens with zero attached hydrogens (tertiary/aromatic N) is 2. The van der Waals surface area contributed by atoms with Crippen molar-refractivity contribution in [3.05, 3.63) is 17.0 Å². The van der Waals surface area contributed by atoms with Crippen molar-refractivity contribution in [3.63, 3.8) is 0 Å². The molecular weight excluding hydrogens is 256 g/mol. The quantitative estimate of drug-likeness (QED) is 0.797. The van der Waals surface area contributed by atoms with Gasteiger partial charge in [-0.25, -0.2) is 0 Å². The van der Waals surface area contributed by atoms with Crippen LogP contribution in [0.2, 0.25) is 0 Å². The summed E-state index contributed by atoms with van der Waals surface area (Å²) in [6.45, 7) is 11.2. The zero-order chi connectivity index (χ0) is 14.9. The van der Waals surface area contributed by atoms with Crippen molar-refractivity contribution in [3.8, 4) is 0 Å². The second-order valence-electron chi connectivity index (χ2n) is 6.46. The van der Waals surface area contributed by atoms with Gasteiger partial charge >= 0.3 is 5.97 Å². The molecule has 0 unspecified atom stereocenters. The molecule has 20 heavy (non-hydrogen) atoms. The molecule has 5 nitrogen and oxygen atoms in total. The van der Waals surface area contributed by atoms with Crippen LogP contribution < -0.4 is 0 Å². The van der Waals surface area contributed by atoms with Crippen molar-refractivity contribution in [1.82, 2.24) is 10.1 Å². The first kappa shape index (κ1) is 15.0. The molecule has 1 aliphatic heterocycles. The predicted octanol–water partition coefficient (Wildman–Crippen LogP) is 2.60. The fourth-order valence-corrected chi connectivity index (χ4v) is 2.58. The molecule has 2 rings (SSSR count). The van der Waals surface area contributed by atoms with Crippen molar-refractivity contribution < 1.29 is 14.1 Å². The Morgan fingerprint density at radius 1 is 1.45 bits per heavy atom. The van der Waals surface area contributed by atoms with Gasteiger partial charge in [-0.1, -0.05) is 5.16 Å². The summed E-state index contributed by atoms with van der Waals surface area (Å²) in [7, 11) is 0. The molecular formula is C15H24N2O3. The smallest absolute Gasteiger partial charge is 0.323 e. The maximum absolute atomic E-state index is 12.3. The molecule has 0 aliphatic carbocycles. The van der Waals surface area contributed by atoms with Gasteiger partial charge < -0.3 is 9.26 Å². The van der Waals surface area contributed by atoms with Crippen LogP contribution in [0.3, 0.4) is 0 Å². The molecule has 0 spiro atoms. The third kappa shape index (κ3) is 3.39. The Hall–Kier alpha value is -1.36. The van der Waals surface area contributed by atoms with E-state index in [4.69, 9.17) is 9.26 Å². The molecule has 2 heterocycles. The summed E-state index contributed by atoms with van der Waals surface area (Å²) >= 11 is 0. The minimum atomic E-state index is -0.436. The van der Waals surface area contributed by atoms with Crippen LogP contribution in [-0.4, -0.2) is 34.2 Å². The van der Waals surface area contributed by atoms with Crippen LogP contribution in [0.25, 0.3) is 0 Å². The van der Waals surface area contributed by atoms with E-state index in [1.165, 1.54) is 0 Å². The first-order chi connectivity index (χ1) is 9.28. The Morgan fingerprint density at radius 3 is 2.70 bits per heavy atom. The Labute approximate surface area is 120 Å². The Morgan fingerprint density at radius 2 is 2.15 bits per heavy atom. The Bertz CT molecular complexity index is 468. The molecule has 1 saturated heterocycles. The van der Waals surface area contributed by atoms with Crippen LogP contribution >= 0.6 is 0 Å². The van der Waals surface area contributed by atoms with Gasteiger partial charge in [0, 0.05) is 12.1 Å². The van der Waals surface area contributed by atoms with Gasteiger partial charge in [0.2, 0.25) is 0 Å². The zero-order valence-electron chi connectivity index (χ0n) is 13.0. The lowest BCUT2D eigenvalue weighted by Gasteiger charge is -2.27. The van der Waals surface area contributed by atoms with Crippen molar-refractivity contribution >= 4 is 5.97 Å². The maximum Gasteiger partial charge on any atom is 0.323 e. The van der Waals surface area contributed by atoms with Gasteiger partial charge in [-0.05, 0) is 54.0 Å². The minimum Gasteiger partial charge on any atom is -0.459 e. The average molecular weight is 280 g/mol. The van der Waals surface area contributed by atoms with Crippen LogP contribution in [0, 0.1) is 13.8 Å². The molecule has 1 aromatic heterocycles. The van der Waals surface area contributed by atoms with E-state index < -0.39 is 5.60 Å². The average Bonchev–Trinajstić information content (AvgIpc) is 2.89. The highest BCUT2D eigenvalue weighted by Crippen LogP contribution is 2.25. The standard InChI is InChI=1S/C15H24N2O3/c1-10-12(11(2)20-16-10)9-17-8-6-7-13(17)14(18)19-15(3,4)5/h13H,6-9H2,1-5H3/t13-/m1/s1. The highest BCUT2D eigenvalue weighted by atomic mass is 16.6. The largest absolute Gasteiger partial charge is 0.459 e. The summed E-state index contributed by atoms with van der Waals surface area (Å²) in [6.07, 6.45) is 1.88. The molecule has 1 fully saturated rings. The third-order valence-corrected chi connectivity index (χ3v) is 3.58. The third-order valence-electron chi connectivity index (χ3n) is 3.58. The fourth-order valence-electron chi connectivity index (χ4n) is 2.58. The van der Waals surface area contributed by atoms with Crippen LogP contribution in [0.5, 0.6) is 0 Å². The van der Waals surface area contributed by atoms with Gasteiger partial charge in [0.05, 0.1) is 5.69 Å². The molecule has 112 valence electrons. The van der Waals surface area contributed by atoms with Gasteiger partial charge in [-0.2, -0.15) is 0 Å². The van der Waals surface area contributed by atoms with Gasteiger partial charge in [0.15, 0.2) is 0 Å². The summed E-state index contributed by atoms with van der Waals surface area (Å²) in [5.41, 5.74) is 1.55. The molecule has 1 aliphatic rings. The molecule has 0 amide bonds. The number of carbonyl (C=O) groups excluding carboxylic acids is 1. The molecule has 5 heteroatoms. The van der Waals surface area contributed by atoms with Crippen molar-refractivity contribution in [2.45, 2.75) is 65.6 Å². The van der Waals surface area contributed by atoms with E-state index in [2.05, 4.69) is 10.1 Å². The number of hydrogen-bond acceptors (Lipinski definition) is 5. The number of ether oxygens (including phenoxy) is 1. The monoisotopic (exact) mass is 280 g/mol. The molecule has 0 radical (unpaired) electrons. The van der Waals surface area contributed by atoms with Crippen molar-refractivity contribution in [2.24, 2.45) is 0 Å². The second kappa shape index (κ2) is 5.56. The van der Waals surface area contributed by atoms with E-state index in [-0.39, 0.29) is 12.0 Å². The molecule has 0 bridgehead atoms. The Kier molecular flexibility index (Phi) is 4.18. The maximum atomic E-state index is 12.3. The molecule has 0 aromatic carbocycles. The van der Waals surface area contributed by atoms with Gasteiger partial charge in [-0.3, -0.25) is 9.69 Å². The van der Waals surface area contributed by atoms with E-state index in [1.807, 2.05) is 34.6 Å². The molecule has 1 aromatic rings. The number of likely N-dealkylation sites (tertiary alicyclic amines) is 1. The van der Waals surface area contributed by atoms with E-state index in [1.54, 1.807) is 0 Å². The van der Waals surface area contributed by atoms with Gasteiger partial charge in [0.1, 0.15) is 17.4 Å². The predicted molar refractivity (Wildman–Crippen MR) is 75.3 cm³/mol. The first-order valence-corrected chi connectivity index (χ1v) is 7.16. The van der Waals surface area contributed by atoms with Gasteiger partial charge in [-0.15, -0.1) is 0 Å². The highest BCUT2D eigenvalue weighted by molar-refractivity contribution is 5.76. The van der Waals surface area contributed by atoms with Crippen molar-refractivity contribution in [2.75, 3.05) is 6.54 Å². The lowest BCUT2D eigenvalue weighted by molar-refractivity contribution is -0.160. The molecule has 1 atom stereocenters. The fraction of sp³-hybridized carbons (Fsp3) is 0.733. The van der Waals surface area contributed by atoms with E-state index in [9.17, 15) is 4.79 Å². The topological polar surface area (TPSA) is 55.6 Å². The second-order valence-corrected chi connectivity index (χ2v) is 6.46. The van der Waals surface area contributed by atoms with Crippen LogP contribution in [0.1, 0.15) is 50.6 Å². The van der Waals surface area contributed by atoms with E-state index >= 15 is 0 Å². The molecule has 0 saturated carbocycles. The van der Waals surface area contributed by atoms with Gasteiger partial charge in [0.25, 0.3) is 0 Å². The lowest BCUT2D eigenvalue weighted by atomic mass is 10.1. The van der Waals surface area contributed by atoms with Crippen LogP contribution in [-0.2, 0) is 16.1 Å². The number of aromatic nitrogens is 1. The number of esters is 1. The number of carbonyl (C=O) groups is 1. The number of hydrogen-bond donors (Lipinski definition) is 0. The van der Waals surface area contributed by atoms with E-state index in [0.717, 1.165) is 36.4 Å². The van der Waals surface area contributed by atoms with Crippen molar-refractivity contribution in [1.29, 1.82) is 0 Å². The van der Waals surface area contributed by atoms with E-state index in [0.29, 0.717) is 6.54 Å². The highest BCUT2D eigenvalue weighted by Gasteiger charge is 2.34. The Balaban J connectivity index is 2.06.